The summed E-state index contributed by atoms with van der Waals surface area (Å²) in [5.41, 5.74) is 0.0576. The molecule has 0 heterocycles. The van der Waals surface area contributed by atoms with Crippen LogP contribution in [-0.4, -0.2) is 0 Å². The average molecular weight is 244 g/mol. The zero-order valence-electron chi connectivity index (χ0n) is 6.39. The van der Waals surface area contributed by atoms with Crippen molar-refractivity contribution in [3.05, 3.63) is 39.9 Å². The van der Waals surface area contributed by atoms with Gasteiger partial charge in [0.2, 0.25) is 0 Å². The van der Waals surface area contributed by atoms with Gasteiger partial charge in [0.25, 0.3) is 0 Å². The first kappa shape index (κ1) is 9.87. The summed E-state index contributed by atoms with van der Waals surface area (Å²) in [4.78, 5) is 0. The maximum absolute atomic E-state index is 13.0. The van der Waals surface area contributed by atoms with Gasteiger partial charge in [0.1, 0.15) is 11.6 Å². The Balaban J connectivity index is 3.17. The summed E-state index contributed by atoms with van der Waals surface area (Å²) in [6.45, 7) is 0. The molecule has 0 aliphatic heterocycles. The molecule has 0 aliphatic carbocycles. The molecule has 0 N–H and O–H groups in total. The molecule has 0 saturated heterocycles. The van der Waals surface area contributed by atoms with E-state index >= 15 is 0 Å². The van der Waals surface area contributed by atoms with Gasteiger partial charge in [-0.3, -0.25) is 0 Å². The predicted molar refractivity (Wildman–Crippen MR) is 48.7 cm³/mol. The Hall–Kier alpha value is -1.21. The Labute approximate surface area is 82.4 Å². The molecule has 13 heavy (non-hydrogen) atoms. The molecule has 66 valence electrons. The highest BCUT2D eigenvalue weighted by Gasteiger charge is 2.05. The monoisotopic (exact) mass is 243 g/mol. The van der Waals surface area contributed by atoms with Gasteiger partial charge in [-0.05, 0) is 34.1 Å². The molecule has 1 aromatic rings. The second kappa shape index (κ2) is 4.15. The van der Waals surface area contributed by atoms with Crippen LogP contribution in [0.15, 0.2) is 22.7 Å². The van der Waals surface area contributed by atoms with E-state index in [0.29, 0.717) is 0 Å². The van der Waals surface area contributed by atoms with Gasteiger partial charge in [-0.25, -0.2) is 8.78 Å². The number of hydrogen-bond acceptors (Lipinski definition) is 1. The fourth-order valence-corrected chi connectivity index (χ4v) is 1.11. The molecule has 1 nitrogen and oxygen atoms in total. The van der Waals surface area contributed by atoms with Gasteiger partial charge < -0.3 is 0 Å². The second-order valence-electron chi connectivity index (χ2n) is 2.25. The van der Waals surface area contributed by atoms with Gasteiger partial charge in [-0.2, -0.15) is 5.26 Å². The summed E-state index contributed by atoms with van der Waals surface area (Å²) in [6.07, 6.45) is 2.30. The summed E-state index contributed by atoms with van der Waals surface area (Å²) in [7, 11) is 0. The van der Waals surface area contributed by atoms with E-state index in [4.69, 9.17) is 5.26 Å². The average Bonchev–Trinajstić information content (AvgIpc) is 2.09. The van der Waals surface area contributed by atoms with Gasteiger partial charge in [0.15, 0.2) is 0 Å². The molecule has 0 saturated carbocycles. The molecule has 0 aliphatic rings. The number of halogens is 3. The van der Waals surface area contributed by atoms with Crippen LogP contribution in [-0.2, 0) is 0 Å². The minimum absolute atomic E-state index is 0.0576. The van der Waals surface area contributed by atoms with E-state index in [-0.39, 0.29) is 10.0 Å². The molecular formula is C9H4BrF2N. The van der Waals surface area contributed by atoms with Crippen LogP contribution in [0.2, 0.25) is 0 Å². The first-order valence-electron chi connectivity index (χ1n) is 3.36. The minimum Gasteiger partial charge on any atom is -0.206 e. The molecule has 0 amide bonds. The van der Waals surface area contributed by atoms with E-state index in [1.807, 2.05) is 0 Å². The van der Waals surface area contributed by atoms with Crippen LogP contribution in [0.3, 0.4) is 0 Å². The SMILES string of the molecule is N#CC=Cc1cc(F)c(Br)cc1F. The Kier molecular flexibility index (Phi) is 3.15. The molecule has 4 heteroatoms. The highest BCUT2D eigenvalue weighted by Crippen LogP contribution is 2.20. The Morgan fingerprint density at radius 2 is 2.00 bits per heavy atom. The Morgan fingerprint density at radius 1 is 1.31 bits per heavy atom. The van der Waals surface area contributed by atoms with Crippen LogP contribution in [0.25, 0.3) is 6.08 Å². The fraction of sp³-hybridized carbons (Fsp3) is 0. The van der Waals surface area contributed by atoms with E-state index in [2.05, 4.69) is 15.9 Å². The number of benzene rings is 1. The van der Waals surface area contributed by atoms with Crippen LogP contribution < -0.4 is 0 Å². The molecule has 1 rings (SSSR count). The highest BCUT2D eigenvalue weighted by atomic mass is 79.9. The molecule has 1 aromatic carbocycles. The third-order valence-corrected chi connectivity index (χ3v) is 1.98. The molecule has 0 fully saturated rings. The summed E-state index contributed by atoms with van der Waals surface area (Å²) >= 11 is 2.84. The lowest BCUT2D eigenvalue weighted by Gasteiger charge is -1.98. The molecule has 0 atom stereocenters. The lowest BCUT2D eigenvalue weighted by molar-refractivity contribution is 0.592. The van der Waals surface area contributed by atoms with E-state index < -0.39 is 11.6 Å². The van der Waals surface area contributed by atoms with Crippen molar-refractivity contribution in [2.75, 3.05) is 0 Å². The summed E-state index contributed by atoms with van der Waals surface area (Å²) in [5, 5.41) is 8.18. The van der Waals surface area contributed by atoms with Crippen molar-refractivity contribution in [3.63, 3.8) is 0 Å². The van der Waals surface area contributed by atoms with Crippen molar-refractivity contribution in [2.24, 2.45) is 0 Å². The molecule has 0 unspecified atom stereocenters. The molecule has 0 aromatic heterocycles. The Bertz CT molecular complexity index is 393. The molecule has 0 spiro atoms. The quantitative estimate of drug-likeness (QED) is 0.549. The van der Waals surface area contributed by atoms with Crippen molar-refractivity contribution < 1.29 is 8.78 Å². The number of allylic oxidation sites excluding steroid dienone is 1. The standard InChI is InChI=1S/C9H4BrF2N/c10-7-5-8(11)6(2-1-3-13)4-9(7)12/h1-2,4-5H. The van der Waals surface area contributed by atoms with Crippen LogP contribution in [0.4, 0.5) is 8.78 Å². The van der Waals surface area contributed by atoms with Gasteiger partial charge in [-0.1, -0.05) is 0 Å². The number of hydrogen-bond donors (Lipinski definition) is 0. The second-order valence-corrected chi connectivity index (χ2v) is 3.10. The van der Waals surface area contributed by atoms with Crippen molar-refractivity contribution in [1.29, 1.82) is 5.26 Å². The first-order chi connectivity index (χ1) is 6.15. The van der Waals surface area contributed by atoms with Crippen molar-refractivity contribution >= 4 is 22.0 Å². The van der Waals surface area contributed by atoms with E-state index in [1.165, 1.54) is 6.08 Å². The normalized spacial score (nSPS) is 10.3. The zero-order valence-corrected chi connectivity index (χ0v) is 7.98. The lowest BCUT2D eigenvalue weighted by Crippen LogP contribution is -1.86. The molecular weight excluding hydrogens is 240 g/mol. The van der Waals surface area contributed by atoms with Gasteiger partial charge in [0, 0.05) is 11.6 Å². The maximum Gasteiger partial charge on any atom is 0.138 e. The van der Waals surface area contributed by atoms with Gasteiger partial charge in [0.05, 0.1) is 10.5 Å². The zero-order chi connectivity index (χ0) is 9.84. The highest BCUT2D eigenvalue weighted by molar-refractivity contribution is 9.10. The molecule has 0 radical (unpaired) electrons. The van der Waals surface area contributed by atoms with Crippen LogP contribution in [0.5, 0.6) is 0 Å². The summed E-state index contributed by atoms with van der Waals surface area (Å²) < 4.78 is 25.9. The van der Waals surface area contributed by atoms with Crippen molar-refractivity contribution in [3.8, 4) is 6.07 Å². The maximum atomic E-state index is 13.0. The van der Waals surface area contributed by atoms with Crippen molar-refractivity contribution in [2.45, 2.75) is 0 Å². The topological polar surface area (TPSA) is 23.8 Å². The first-order valence-corrected chi connectivity index (χ1v) is 4.15. The van der Waals surface area contributed by atoms with Crippen LogP contribution in [0, 0.1) is 23.0 Å². The van der Waals surface area contributed by atoms with Crippen molar-refractivity contribution in [1.82, 2.24) is 0 Å². The predicted octanol–water partition coefficient (Wildman–Crippen LogP) is 3.26. The Morgan fingerprint density at radius 3 is 2.62 bits per heavy atom. The smallest absolute Gasteiger partial charge is 0.138 e. The van der Waals surface area contributed by atoms with Crippen LogP contribution >= 0.6 is 15.9 Å². The number of rotatable bonds is 1. The van der Waals surface area contributed by atoms with E-state index in [1.54, 1.807) is 6.07 Å². The van der Waals surface area contributed by atoms with Gasteiger partial charge >= 0.3 is 0 Å². The third-order valence-electron chi connectivity index (χ3n) is 1.38. The fourth-order valence-electron chi connectivity index (χ4n) is 0.793. The lowest BCUT2D eigenvalue weighted by atomic mass is 10.2. The van der Waals surface area contributed by atoms with Gasteiger partial charge in [-0.15, -0.1) is 0 Å². The van der Waals surface area contributed by atoms with E-state index in [9.17, 15) is 8.78 Å². The molecule has 0 bridgehead atoms. The number of nitriles is 1. The van der Waals surface area contributed by atoms with E-state index in [0.717, 1.165) is 18.2 Å². The third kappa shape index (κ3) is 2.36. The van der Waals surface area contributed by atoms with Crippen LogP contribution in [0.1, 0.15) is 5.56 Å². The summed E-state index contributed by atoms with van der Waals surface area (Å²) in [5.74, 6) is -1.13. The largest absolute Gasteiger partial charge is 0.206 e. The number of nitrogens with zero attached hydrogens (tertiary/aromatic N) is 1. The minimum atomic E-state index is -0.570. The summed E-state index contributed by atoms with van der Waals surface area (Å²) in [6, 6.07) is 3.74.